The van der Waals surface area contributed by atoms with Crippen LogP contribution in [0.2, 0.25) is 0 Å². The van der Waals surface area contributed by atoms with E-state index in [1.807, 2.05) is 13.0 Å². The van der Waals surface area contributed by atoms with Crippen LogP contribution in [0.5, 0.6) is 0 Å². The third kappa shape index (κ3) is 6.54. The van der Waals surface area contributed by atoms with Gasteiger partial charge >= 0.3 is 0 Å². The lowest BCUT2D eigenvalue weighted by Gasteiger charge is -2.05. The quantitative estimate of drug-likeness (QED) is 0.379. The van der Waals surface area contributed by atoms with Gasteiger partial charge in [0.1, 0.15) is 0 Å². The van der Waals surface area contributed by atoms with Crippen LogP contribution >= 0.6 is 0 Å². The minimum atomic E-state index is -0.376. The van der Waals surface area contributed by atoms with Crippen molar-refractivity contribution in [2.24, 2.45) is 0 Å². The normalized spacial score (nSPS) is 9.83. The first-order chi connectivity index (χ1) is 8.24. The van der Waals surface area contributed by atoms with Crippen molar-refractivity contribution in [2.75, 3.05) is 19.8 Å². The molecule has 1 N–H and O–H groups in total. The highest BCUT2D eigenvalue weighted by molar-refractivity contribution is 5.34. The van der Waals surface area contributed by atoms with Crippen LogP contribution in [0.25, 0.3) is 0 Å². The predicted molar refractivity (Wildman–Crippen MR) is 65.9 cm³/mol. The third-order valence-corrected chi connectivity index (χ3v) is 2.30. The maximum Gasteiger partial charge on any atom is 0.269 e. The van der Waals surface area contributed by atoms with E-state index in [-0.39, 0.29) is 23.0 Å². The Labute approximate surface area is 113 Å². The van der Waals surface area contributed by atoms with Crippen LogP contribution in [0.4, 0.5) is 5.69 Å². The molecule has 0 atom stereocenters. The number of ether oxygens (including phenoxy) is 1. The van der Waals surface area contributed by atoms with Crippen molar-refractivity contribution in [1.29, 1.82) is 0 Å². The predicted octanol–water partition coefficient (Wildman–Crippen LogP) is -0.885. The molecule has 1 aromatic rings. The SMILES string of the molecule is CCOCCCNCc1cccc([N+](=O)[O-])c1.[Cl-]. The summed E-state index contributed by atoms with van der Waals surface area (Å²) in [5.41, 5.74) is 1.06. The Bertz CT molecular complexity index is 361. The molecule has 0 saturated heterocycles. The first kappa shape index (κ1) is 16.8. The Morgan fingerprint density at radius 1 is 1.44 bits per heavy atom. The minimum absolute atomic E-state index is 0. The monoisotopic (exact) mass is 273 g/mol. The van der Waals surface area contributed by atoms with Gasteiger partial charge in [0.2, 0.25) is 0 Å². The van der Waals surface area contributed by atoms with E-state index in [4.69, 9.17) is 4.74 Å². The van der Waals surface area contributed by atoms with Crippen LogP contribution in [0, 0.1) is 10.1 Å². The summed E-state index contributed by atoms with van der Waals surface area (Å²) in [6, 6.07) is 6.67. The van der Waals surface area contributed by atoms with E-state index >= 15 is 0 Å². The minimum Gasteiger partial charge on any atom is -1.00 e. The number of hydrogen-bond donors (Lipinski definition) is 1. The average Bonchev–Trinajstić information content (AvgIpc) is 2.34. The number of nitro benzene ring substituents is 1. The van der Waals surface area contributed by atoms with Crippen LogP contribution < -0.4 is 17.7 Å². The second-order valence-corrected chi connectivity index (χ2v) is 3.65. The lowest BCUT2D eigenvalue weighted by Crippen LogP contribution is -3.00. The molecule has 0 bridgehead atoms. The molecule has 1 rings (SSSR count). The molecule has 102 valence electrons. The van der Waals surface area contributed by atoms with E-state index in [0.717, 1.165) is 31.7 Å². The van der Waals surface area contributed by atoms with E-state index in [2.05, 4.69) is 5.32 Å². The highest BCUT2D eigenvalue weighted by Crippen LogP contribution is 2.12. The zero-order valence-electron chi connectivity index (χ0n) is 10.4. The molecule has 18 heavy (non-hydrogen) atoms. The summed E-state index contributed by atoms with van der Waals surface area (Å²) in [6.45, 7) is 4.95. The van der Waals surface area contributed by atoms with E-state index in [1.54, 1.807) is 12.1 Å². The number of nitrogens with one attached hydrogen (secondary N) is 1. The Balaban J connectivity index is 0.00000289. The van der Waals surface area contributed by atoms with Gasteiger partial charge in [0.15, 0.2) is 0 Å². The summed E-state index contributed by atoms with van der Waals surface area (Å²) >= 11 is 0. The zero-order valence-corrected chi connectivity index (χ0v) is 11.2. The maximum absolute atomic E-state index is 10.6. The van der Waals surface area contributed by atoms with Crippen LogP contribution in [0.3, 0.4) is 0 Å². The maximum atomic E-state index is 10.6. The number of nitrogens with zero attached hydrogens (tertiary/aromatic N) is 1. The van der Waals surface area contributed by atoms with Crippen molar-refractivity contribution in [3.8, 4) is 0 Å². The first-order valence-electron chi connectivity index (χ1n) is 5.76. The smallest absolute Gasteiger partial charge is 0.269 e. The van der Waals surface area contributed by atoms with E-state index in [9.17, 15) is 10.1 Å². The van der Waals surface area contributed by atoms with Gasteiger partial charge in [-0.15, -0.1) is 0 Å². The summed E-state index contributed by atoms with van der Waals surface area (Å²) in [4.78, 5) is 10.2. The Morgan fingerprint density at radius 3 is 2.89 bits per heavy atom. The summed E-state index contributed by atoms with van der Waals surface area (Å²) in [6.07, 6.45) is 0.947. The molecule has 0 aromatic heterocycles. The fourth-order valence-electron chi connectivity index (χ4n) is 1.46. The molecule has 0 aliphatic carbocycles. The molecular weight excluding hydrogens is 256 g/mol. The second-order valence-electron chi connectivity index (χ2n) is 3.65. The molecule has 0 spiro atoms. The molecular formula is C12H18ClN2O3-. The van der Waals surface area contributed by atoms with E-state index < -0.39 is 0 Å². The Hall–Kier alpha value is -1.17. The van der Waals surface area contributed by atoms with Gasteiger partial charge in [-0.2, -0.15) is 0 Å². The molecule has 6 heteroatoms. The van der Waals surface area contributed by atoms with Crippen LogP contribution in [0.15, 0.2) is 24.3 Å². The van der Waals surface area contributed by atoms with Gasteiger partial charge in [0.05, 0.1) is 4.92 Å². The first-order valence-corrected chi connectivity index (χ1v) is 5.76. The number of hydrogen-bond acceptors (Lipinski definition) is 4. The summed E-state index contributed by atoms with van der Waals surface area (Å²) in [7, 11) is 0. The highest BCUT2D eigenvalue weighted by atomic mass is 35.5. The van der Waals surface area contributed by atoms with Gasteiger partial charge < -0.3 is 22.5 Å². The second kappa shape index (κ2) is 9.82. The van der Waals surface area contributed by atoms with Crippen molar-refractivity contribution in [3.05, 3.63) is 39.9 Å². The molecule has 0 amide bonds. The molecule has 0 heterocycles. The van der Waals surface area contributed by atoms with Gasteiger partial charge in [0, 0.05) is 31.9 Å². The standard InChI is InChI=1S/C12H18N2O3.ClH/c1-2-17-8-4-7-13-10-11-5-3-6-12(9-11)14(15)16;/h3,5-6,9,13H,2,4,7-8,10H2,1H3;1H/p-1. The number of halogens is 1. The van der Waals surface area contributed by atoms with Gasteiger partial charge in [-0.3, -0.25) is 10.1 Å². The molecule has 1 aromatic carbocycles. The van der Waals surface area contributed by atoms with E-state index in [0.29, 0.717) is 6.54 Å². The van der Waals surface area contributed by atoms with Gasteiger partial charge in [-0.05, 0) is 25.5 Å². The summed E-state index contributed by atoms with van der Waals surface area (Å²) < 4.78 is 5.21. The molecule has 0 aliphatic rings. The highest BCUT2D eigenvalue weighted by Gasteiger charge is 2.04. The number of nitro groups is 1. The van der Waals surface area contributed by atoms with Crippen molar-refractivity contribution in [1.82, 2.24) is 5.32 Å². The lowest BCUT2D eigenvalue weighted by molar-refractivity contribution is -0.384. The number of benzene rings is 1. The van der Waals surface area contributed by atoms with Gasteiger partial charge in [-0.25, -0.2) is 0 Å². The topological polar surface area (TPSA) is 64.4 Å². The van der Waals surface area contributed by atoms with Crippen molar-refractivity contribution in [3.63, 3.8) is 0 Å². The van der Waals surface area contributed by atoms with Crippen molar-refractivity contribution >= 4 is 5.69 Å². The van der Waals surface area contributed by atoms with Crippen molar-refractivity contribution < 1.29 is 22.1 Å². The summed E-state index contributed by atoms with van der Waals surface area (Å²) in [5, 5.41) is 13.8. The molecule has 0 aliphatic heterocycles. The van der Waals surface area contributed by atoms with Crippen LogP contribution in [-0.2, 0) is 11.3 Å². The number of non-ortho nitro benzene ring substituents is 1. The fraction of sp³-hybridized carbons (Fsp3) is 0.500. The Morgan fingerprint density at radius 2 is 2.22 bits per heavy atom. The average molecular weight is 274 g/mol. The lowest BCUT2D eigenvalue weighted by atomic mass is 10.2. The van der Waals surface area contributed by atoms with Crippen LogP contribution in [0.1, 0.15) is 18.9 Å². The molecule has 0 fully saturated rings. The number of rotatable bonds is 8. The van der Waals surface area contributed by atoms with Crippen LogP contribution in [-0.4, -0.2) is 24.7 Å². The van der Waals surface area contributed by atoms with Gasteiger partial charge in [0.25, 0.3) is 5.69 Å². The molecule has 0 radical (unpaired) electrons. The Kier molecular flexibility index (Phi) is 9.18. The molecule has 5 nitrogen and oxygen atoms in total. The molecule has 0 unspecified atom stereocenters. The third-order valence-electron chi connectivity index (χ3n) is 2.30. The molecule has 0 saturated carbocycles. The largest absolute Gasteiger partial charge is 1.00 e. The van der Waals surface area contributed by atoms with Crippen molar-refractivity contribution in [2.45, 2.75) is 19.9 Å². The van der Waals surface area contributed by atoms with E-state index in [1.165, 1.54) is 6.07 Å². The fourth-order valence-corrected chi connectivity index (χ4v) is 1.46. The zero-order chi connectivity index (χ0) is 12.5. The van der Waals surface area contributed by atoms with Gasteiger partial charge in [-0.1, -0.05) is 12.1 Å². The summed E-state index contributed by atoms with van der Waals surface area (Å²) in [5.74, 6) is 0.